The van der Waals surface area contributed by atoms with E-state index in [1.807, 2.05) is 66.1 Å². The van der Waals surface area contributed by atoms with Crippen LogP contribution in [-0.4, -0.2) is 58.8 Å². The molecule has 0 bridgehead atoms. The largest absolute Gasteiger partial charge is 0.496 e. The highest BCUT2D eigenvalue weighted by Gasteiger charge is 2.20. The van der Waals surface area contributed by atoms with Gasteiger partial charge in [0.1, 0.15) is 17.3 Å². The van der Waals surface area contributed by atoms with Crippen molar-refractivity contribution in [3.63, 3.8) is 0 Å². The third-order valence-electron chi connectivity index (χ3n) is 8.12. The lowest BCUT2D eigenvalue weighted by Gasteiger charge is -2.21. The molecule has 0 spiro atoms. The number of H-pyrrole nitrogens is 1. The number of aromatic nitrogens is 4. The summed E-state index contributed by atoms with van der Waals surface area (Å²) >= 11 is 0. The van der Waals surface area contributed by atoms with Crippen molar-refractivity contribution in [1.82, 2.24) is 30.2 Å². The zero-order chi connectivity index (χ0) is 30.5. The Hall–Kier alpha value is -4.70. The number of fused-ring (bicyclic) bond motifs is 2. The summed E-state index contributed by atoms with van der Waals surface area (Å²) in [6.07, 6.45) is 5.21. The van der Waals surface area contributed by atoms with E-state index in [2.05, 4.69) is 20.6 Å². The van der Waals surface area contributed by atoms with Crippen LogP contribution in [0.1, 0.15) is 37.3 Å². The maximum atomic E-state index is 13.5. The normalized spacial score (nSPS) is 15.0. The summed E-state index contributed by atoms with van der Waals surface area (Å²) in [5, 5.41) is 6.86. The average molecular weight is 595 g/mol. The van der Waals surface area contributed by atoms with Crippen molar-refractivity contribution in [1.29, 1.82) is 0 Å². The molecular formula is C34H38N6O4. The van der Waals surface area contributed by atoms with Crippen molar-refractivity contribution in [2.45, 2.75) is 39.2 Å². The number of para-hydroxylation sites is 1. The topological polar surface area (TPSA) is 123 Å². The van der Waals surface area contributed by atoms with Gasteiger partial charge in [0.15, 0.2) is 0 Å². The lowest BCUT2D eigenvalue weighted by atomic mass is 9.99. The van der Waals surface area contributed by atoms with Gasteiger partial charge in [-0.1, -0.05) is 31.2 Å². The Morgan fingerprint density at radius 1 is 1.11 bits per heavy atom. The number of hydrogen-bond acceptors (Lipinski definition) is 7. The van der Waals surface area contributed by atoms with Crippen LogP contribution in [0.15, 0.2) is 65.7 Å². The fourth-order valence-corrected chi connectivity index (χ4v) is 5.77. The van der Waals surface area contributed by atoms with Gasteiger partial charge in [-0.05, 0) is 68.1 Å². The Bertz CT molecular complexity index is 1840. The smallest absolute Gasteiger partial charge is 0.259 e. The number of piperidine rings is 1. The standard InChI is InChI=1S/C34H38N6O4/c1-3-15-44-31-11-10-22(12-14-36-33(41)23-8-6-13-35-19-23)16-26(31)32-38-27-18-28-29(17-25(27)34(42)39-32)40(21-37-28)20-24-7-4-5-9-30(24)43-2/h4-5,7,9-11,16-18,21,23,35H,3,6,8,12-15,19-20H2,1-2H3,(H,36,41)(H,38,39,42). The highest BCUT2D eigenvalue weighted by molar-refractivity contribution is 5.93. The number of aromatic amines is 1. The van der Waals surface area contributed by atoms with Gasteiger partial charge >= 0.3 is 0 Å². The molecule has 0 aliphatic carbocycles. The number of benzene rings is 3. The summed E-state index contributed by atoms with van der Waals surface area (Å²) in [7, 11) is 1.66. The minimum absolute atomic E-state index is 0.0232. The number of nitrogens with zero attached hydrogens (tertiary/aromatic N) is 3. The summed E-state index contributed by atoms with van der Waals surface area (Å²) < 4.78 is 13.6. The van der Waals surface area contributed by atoms with Crippen LogP contribution in [0.25, 0.3) is 33.3 Å². The van der Waals surface area contributed by atoms with Crippen molar-refractivity contribution >= 4 is 27.8 Å². The molecule has 2 aromatic heterocycles. The molecule has 1 amide bonds. The van der Waals surface area contributed by atoms with Gasteiger partial charge in [0.2, 0.25) is 5.91 Å². The Morgan fingerprint density at radius 3 is 2.82 bits per heavy atom. The number of amides is 1. The minimum Gasteiger partial charge on any atom is -0.496 e. The van der Waals surface area contributed by atoms with Gasteiger partial charge in [0, 0.05) is 18.7 Å². The minimum atomic E-state index is -0.239. The summed E-state index contributed by atoms with van der Waals surface area (Å²) in [4.78, 5) is 38.6. The lowest BCUT2D eigenvalue weighted by Crippen LogP contribution is -2.41. The van der Waals surface area contributed by atoms with Crippen LogP contribution in [0, 0.1) is 5.92 Å². The number of hydrogen-bond donors (Lipinski definition) is 3. The summed E-state index contributed by atoms with van der Waals surface area (Å²) in [5.74, 6) is 2.00. The van der Waals surface area contributed by atoms with E-state index < -0.39 is 0 Å². The maximum absolute atomic E-state index is 13.5. The SMILES string of the molecule is CCCOc1ccc(CCNC(=O)C2CCCNC2)cc1-c1nc2cc3ncn(Cc4ccccc4OC)c3cc2c(=O)[nH]1. The Labute approximate surface area is 255 Å². The molecule has 1 unspecified atom stereocenters. The molecule has 10 nitrogen and oxygen atoms in total. The highest BCUT2D eigenvalue weighted by Crippen LogP contribution is 2.30. The van der Waals surface area contributed by atoms with E-state index in [-0.39, 0.29) is 17.4 Å². The molecule has 1 saturated heterocycles. The number of nitrogens with one attached hydrogen (secondary N) is 3. The number of methoxy groups -OCH3 is 1. The second-order valence-corrected chi connectivity index (χ2v) is 11.2. The van der Waals surface area contributed by atoms with Crippen LogP contribution in [0.3, 0.4) is 0 Å². The van der Waals surface area contributed by atoms with Gasteiger partial charge in [0.25, 0.3) is 5.56 Å². The van der Waals surface area contributed by atoms with Crippen LogP contribution in [0.5, 0.6) is 11.5 Å². The van der Waals surface area contributed by atoms with Crippen molar-refractivity contribution in [2.75, 3.05) is 33.4 Å². The predicted molar refractivity (Wildman–Crippen MR) is 171 cm³/mol. The summed E-state index contributed by atoms with van der Waals surface area (Å²) in [6.45, 7) is 5.38. The Balaban J connectivity index is 1.29. The number of carbonyl (C=O) groups is 1. The fourth-order valence-electron chi connectivity index (χ4n) is 5.77. The summed E-state index contributed by atoms with van der Waals surface area (Å²) in [5.41, 5.74) is 4.64. The molecule has 3 N–H and O–H groups in total. The van der Waals surface area contributed by atoms with Crippen LogP contribution in [-0.2, 0) is 17.8 Å². The third-order valence-corrected chi connectivity index (χ3v) is 8.12. The summed E-state index contributed by atoms with van der Waals surface area (Å²) in [6, 6.07) is 17.5. The highest BCUT2D eigenvalue weighted by atomic mass is 16.5. The monoisotopic (exact) mass is 594 g/mol. The Morgan fingerprint density at radius 2 is 2.00 bits per heavy atom. The molecule has 44 heavy (non-hydrogen) atoms. The van der Waals surface area contributed by atoms with Crippen molar-refractivity contribution in [2.24, 2.45) is 5.92 Å². The van der Waals surface area contributed by atoms with Gasteiger partial charge in [0.05, 0.1) is 60.0 Å². The molecule has 0 radical (unpaired) electrons. The van der Waals surface area contributed by atoms with Gasteiger partial charge in [-0.15, -0.1) is 0 Å². The number of carbonyl (C=O) groups excluding carboxylic acids is 1. The molecule has 3 aromatic carbocycles. The first-order chi connectivity index (χ1) is 21.5. The quantitative estimate of drug-likeness (QED) is 0.207. The lowest BCUT2D eigenvalue weighted by molar-refractivity contribution is -0.125. The number of rotatable bonds is 11. The molecule has 1 aliphatic rings. The molecule has 5 aromatic rings. The van der Waals surface area contributed by atoms with E-state index in [4.69, 9.17) is 14.5 Å². The van der Waals surface area contributed by atoms with Gasteiger partial charge in [-0.25, -0.2) is 9.97 Å². The van der Waals surface area contributed by atoms with E-state index in [0.717, 1.165) is 60.3 Å². The number of ether oxygens (including phenoxy) is 2. The molecule has 10 heteroatoms. The van der Waals surface area contributed by atoms with Crippen LogP contribution < -0.4 is 25.7 Å². The van der Waals surface area contributed by atoms with Crippen LogP contribution in [0.4, 0.5) is 0 Å². The van der Waals surface area contributed by atoms with E-state index >= 15 is 0 Å². The molecular weight excluding hydrogens is 556 g/mol. The second-order valence-electron chi connectivity index (χ2n) is 11.2. The van der Waals surface area contributed by atoms with Crippen molar-refractivity contribution in [3.8, 4) is 22.9 Å². The molecule has 1 aliphatic heterocycles. The molecule has 3 heterocycles. The van der Waals surface area contributed by atoms with Crippen LogP contribution in [0.2, 0.25) is 0 Å². The molecule has 1 fully saturated rings. The van der Waals surface area contributed by atoms with Crippen LogP contribution >= 0.6 is 0 Å². The van der Waals surface area contributed by atoms with Gasteiger partial charge in [-0.3, -0.25) is 9.59 Å². The van der Waals surface area contributed by atoms with Crippen molar-refractivity contribution < 1.29 is 14.3 Å². The first-order valence-corrected chi connectivity index (χ1v) is 15.3. The zero-order valence-corrected chi connectivity index (χ0v) is 25.2. The fraction of sp³-hybridized carbons (Fsp3) is 0.353. The van der Waals surface area contributed by atoms with E-state index in [9.17, 15) is 9.59 Å². The van der Waals surface area contributed by atoms with E-state index in [1.54, 1.807) is 13.4 Å². The molecule has 1 atom stereocenters. The number of imidazole rings is 1. The third kappa shape index (κ3) is 6.30. The van der Waals surface area contributed by atoms with Gasteiger partial charge < -0.3 is 29.7 Å². The first kappa shape index (κ1) is 29.4. The first-order valence-electron chi connectivity index (χ1n) is 15.3. The molecule has 228 valence electrons. The zero-order valence-electron chi connectivity index (χ0n) is 25.2. The van der Waals surface area contributed by atoms with Crippen molar-refractivity contribution in [3.05, 3.63) is 82.4 Å². The van der Waals surface area contributed by atoms with E-state index in [1.165, 1.54) is 0 Å². The van der Waals surface area contributed by atoms with E-state index in [0.29, 0.717) is 54.2 Å². The Kier molecular flexibility index (Phi) is 8.88. The van der Waals surface area contributed by atoms with Gasteiger partial charge in [-0.2, -0.15) is 0 Å². The average Bonchev–Trinajstić information content (AvgIpc) is 3.44. The maximum Gasteiger partial charge on any atom is 0.259 e. The molecule has 6 rings (SSSR count). The second kappa shape index (κ2) is 13.3. The predicted octanol–water partition coefficient (Wildman–Crippen LogP) is 4.44. The molecule has 0 saturated carbocycles.